The van der Waals surface area contributed by atoms with E-state index in [1.807, 2.05) is 38.4 Å². The maximum absolute atomic E-state index is 6.13. The number of nitrogens with zero attached hydrogens (tertiary/aromatic N) is 2. The first-order valence-corrected chi connectivity index (χ1v) is 5.92. The third kappa shape index (κ3) is 2.24. The fourth-order valence-corrected chi connectivity index (χ4v) is 2.16. The van der Waals surface area contributed by atoms with Crippen molar-refractivity contribution in [3.8, 4) is 0 Å². The zero-order chi connectivity index (χ0) is 12.4. The molecule has 1 aromatic carbocycles. The van der Waals surface area contributed by atoms with Crippen LogP contribution in [0.15, 0.2) is 36.7 Å². The number of hydrogen-bond donors (Lipinski definition) is 1. The van der Waals surface area contributed by atoms with Crippen molar-refractivity contribution in [2.24, 2.45) is 5.73 Å². The van der Waals surface area contributed by atoms with Gasteiger partial charge in [0, 0.05) is 11.7 Å². The molecular weight excluding hydrogens is 210 g/mol. The van der Waals surface area contributed by atoms with E-state index in [1.165, 1.54) is 11.3 Å². The molecule has 1 aromatic heterocycles. The average molecular weight is 229 g/mol. The molecule has 2 aromatic rings. The Labute approximate surface area is 102 Å². The molecule has 0 radical (unpaired) electrons. The van der Waals surface area contributed by atoms with Gasteiger partial charge in [0.2, 0.25) is 0 Å². The number of aromatic nitrogens is 2. The summed E-state index contributed by atoms with van der Waals surface area (Å²) in [5, 5.41) is 0. The van der Waals surface area contributed by atoms with E-state index in [-0.39, 0.29) is 12.1 Å². The largest absolute Gasteiger partial charge is 0.326 e. The van der Waals surface area contributed by atoms with Crippen LogP contribution in [0.5, 0.6) is 0 Å². The van der Waals surface area contributed by atoms with Crippen LogP contribution in [0, 0.1) is 13.8 Å². The van der Waals surface area contributed by atoms with Gasteiger partial charge in [0.1, 0.15) is 0 Å². The molecule has 3 heteroatoms. The standard InChI is InChI=1S/C14H19N3/c1-10(15)14(13-7-5-4-6-8-13)17-9-16-11(2)12(17)3/h4-10,14H,15H2,1-3H3. The van der Waals surface area contributed by atoms with Crippen LogP contribution in [0.1, 0.15) is 29.9 Å². The van der Waals surface area contributed by atoms with Gasteiger partial charge >= 0.3 is 0 Å². The molecular formula is C14H19N3. The van der Waals surface area contributed by atoms with Crippen LogP contribution in [0.4, 0.5) is 0 Å². The topological polar surface area (TPSA) is 43.8 Å². The van der Waals surface area contributed by atoms with Crippen LogP contribution in [0.2, 0.25) is 0 Å². The Morgan fingerprint density at radius 3 is 2.29 bits per heavy atom. The third-order valence-electron chi connectivity index (χ3n) is 3.23. The molecule has 3 nitrogen and oxygen atoms in total. The summed E-state index contributed by atoms with van der Waals surface area (Å²) in [7, 11) is 0. The van der Waals surface area contributed by atoms with E-state index < -0.39 is 0 Å². The number of hydrogen-bond acceptors (Lipinski definition) is 2. The molecule has 0 bridgehead atoms. The highest BCUT2D eigenvalue weighted by Gasteiger charge is 2.20. The van der Waals surface area contributed by atoms with Crippen LogP contribution in [0.3, 0.4) is 0 Å². The molecule has 0 saturated heterocycles. The van der Waals surface area contributed by atoms with E-state index in [0.717, 1.165) is 5.69 Å². The minimum absolute atomic E-state index is 0.0460. The summed E-state index contributed by atoms with van der Waals surface area (Å²) >= 11 is 0. The quantitative estimate of drug-likeness (QED) is 0.878. The van der Waals surface area contributed by atoms with Crippen molar-refractivity contribution >= 4 is 0 Å². The highest BCUT2D eigenvalue weighted by Crippen LogP contribution is 2.23. The number of benzene rings is 1. The first-order valence-electron chi connectivity index (χ1n) is 5.92. The maximum Gasteiger partial charge on any atom is 0.0957 e. The van der Waals surface area contributed by atoms with Gasteiger partial charge in [-0.05, 0) is 26.3 Å². The zero-order valence-corrected chi connectivity index (χ0v) is 10.6. The van der Waals surface area contributed by atoms with Crippen LogP contribution in [-0.2, 0) is 0 Å². The molecule has 0 aliphatic heterocycles. The summed E-state index contributed by atoms with van der Waals surface area (Å²) < 4.78 is 2.16. The van der Waals surface area contributed by atoms with E-state index in [2.05, 4.69) is 28.6 Å². The molecule has 90 valence electrons. The summed E-state index contributed by atoms with van der Waals surface area (Å²) in [6.07, 6.45) is 1.88. The Kier molecular flexibility index (Phi) is 3.29. The van der Waals surface area contributed by atoms with Gasteiger partial charge in [0.15, 0.2) is 0 Å². The number of nitrogens with two attached hydrogens (primary N) is 1. The summed E-state index contributed by atoms with van der Waals surface area (Å²) in [5.74, 6) is 0. The zero-order valence-electron chi connectivity index (χ0n) is 10.6. The SMILES string of the molecule is Cc1ncn(C(c2ccccc2)C(C)N)c1C. The average Bonchev–Trinajstić information content (AvgIpc) is 2.63. The molecule has 2 atom stereocenters. The van der Waals surface area contributed by atoms with Gasteiger partial charge in [0.25, 0.3) is 0 Å². The van der Waals surface area contributed by atoms with Gasteiger partial charge in [-0.25, -0.2) is 4.98 Å². The van der Waals surface area contributed by atoms with Gasteiger partial charge in [-0.15, -0.1) is 0 Å². The molecule has 0 amide bonds. The fourth-order valence-electron chi connectivity index (χ4n) is 2.16. The smallest absolute Gasteiger partial charge is 0.0957 e. The number of aryl methyl sites for hydroxylation is 1. The Hall–Kier alpha value is -1.61. The number of imidazole rings is 1. The molecule has 2 N–H and O–H groups in total. The molecule has 0 saturated carbocycles. The maximum atomic E-state index is 6.13. The molecule has 0 aliphatic carbocycles. The Bertz CT molecular complexity index is 485. The Morgan fingerprint density at radius 2 is 1.82 bits per heavy atom. The van der Waals surface area contributed by atoms with E-state index in [0.29, 0.717) is 0 Å². The minimum atomic E-state index is 0.0460. The molecule has 2 unspecified atom stereocenters. The van der Waals surface area contributed by atoms with Crippen molar-refractivity contribution in [3.05, 3.63) is 53.6 Å². The lowest BCUT2D eigenvalue weighted by atomic mass is 10.0. The second kappa shape index (κ2) is 4.72. The van der Waals surface area contributed by atoms with E-state index in [1.54, 1.807) is 0 Å². The highest BCUT2D eigenvalue weighted by atomic mass is 15.1. The predicted molar refractivity (Wildman–Crippen MR) is 69.9 cm³/mol. The first-order chi connectivity index (χ1) is 8.11. The molecule has 1 heterocycles. The second-order valence-electron chi connectivity index (χ2n) is 4.54. The van der Waals surface area contributed by atoms with Crippen molar-refractivity contribution in [1.82, 2.24) is 9.55 Å². The molecule has 0 spiro atoms. The van der Waals surface area contributed by atoms with Gasteiger partial charge in [-0.2, -0.15) is 0 Å². The first kappa shape index (κ1) is 11.9. The third-order valence-corrected chi connectivity index (χ3v) is 3.23. The van der Waals surface area contributed by atoms with Crippen molar-refractivity contribution in [1.29, 1.82) is 0 Å². The van der Waals surface area contributed by atoms with Crippen LogP contribution in [-0.4, -0.2) is 15.6 Å². The minimum Gasteiger partial charge on any atom is -0.326 e. The second-order valence-corrected chi connectivity index (χ2v) is 4.54. The normalized spacial score (nSPS) is 14.6. The fraction of sp³-hybridized carbons (Fsp3) is 0.357. The molecule has 17 heavy (non-hydrogen) atoms. The summed E-state index contributed by atoms with van der Waals surface area (Å²) in [4.78, 5) is 4.35. The molecule has 0 fully saturated rings. The van der Waals surface area contributed by atoms with Gasteiger partial charge in [-0.3, -0.25) is 0 Å². The van der Waals surface area contributed by atoms with Crippen LogP contribution >= 0.6 is 0 Å². The van der Waals surface area contributed by atoms with Gasteiger partial charge in [0.05, 0.1) is 18.1 Å². The molecule has 2 rings (SSSR count). The van der Waals surface area contributed by atoms with Crippen molar-refractivity contribution in [3.63, 3.8) is 0 Å². The van der Waals surface area contributed by atoms with Crippen molar-refractivity contribution in [2.75, 3.05) is 0 Å². The summed E-state index contributed by atoms with van der Waals surface area (Å²) in [6.45, 7) is 6.14. The van der Waals surface area contributed by atoms with Crippen LogP contribution < -0.4 is 5.73 Å². The lowest BCUT2D eigenvalue weighted by Gasteiger charge is -2.24. The predicted octanol–water partition coefficient (Wildman–Crippen LogP) is 2.44. The highest BCUT2D eigenvalue weighted by molar-refractivity contribution is 5.24. The number of rotatable bonds is 3. The monoisotopic (exact) mass is 229 g/mol. The Morgan fingerprint density at radius 1 is 1.18 bits per heavy atom. The van der Waals surface area contributed by atoms with Gasteiger partial charge < -0.3 is 10.3 Å². The van der Waals surface area contributed by atoms with E-state index in [9.17, 15) is 0 Å². The summed E-state index contributed by atoms with van der Waals surface area (Å²) in [6, 6.07) is 10.5. The lowest BCUT2D eigenvalue weighted by molar-refractivity contribution is 0.487. The van der Waals surface area contributed by atoms with Gasteiger partial charge in [-0.1, -0.05) is 30.3 Å². The van der Waals surface area contributed by atoms with E-state index in [4.69, 9.17) is 5.73 Å². The van der Waals surface area contributed by atoms with Crippen molar-refractivity contribution in [2.45, 2.75) is 32.9 Å². The lowest BCUT2D eigenvalue weighted by Crippen LogP contribution is -2.30. The van der Waals surface area contributed by atoms with Crippen molar-refractivity contribution < 1.29 is 0 Å². The molecule has 0 aliphatic rings. The van der Waals surface area contributed by atoms with E-state index >= 15 is 0 Å². The Balaban J connectivity index is 2.47. The van der Waals surface area contributed by atoms with Crippen LogP contribution in [0.25, 0.3) is 0 Å². The summed E-state index contributed by atoms with van der Waals surface area (Å²) in [5.41, 5.74) is 9.59.